The van der Waals surface area contributed by atoms with E-state index >= 15 is 0 Å². The van der Waals surface area contributed by atoms with Crippen LogP contribution in [0.25, 0.3) is 0 Å². The van der Waals surface area contributed by atoms with Crippen LogP contribution < -0.4 is 0 Å². The Morgan fingerprint density at radius 3 is 1.47 bits per heavy atom. The molecule has 0 amide bonds. The SMILES string of the molecule is CCC(CC(C)C)C([SiH3])(CC(C)C)CC(C)C. The van der Waals surface area contributed by atoms with Crippen LogP contribution in [-0.2, 0) is 0 Å². The molecule has 0 heterocycles. The van der Waals surface area contributed by atoms with Crippen LogP contribution in [0.15, 0.2) is 0 Å². The van der Waals surface area contributed by atoms with Gasteiger partial charge in [-0.15, -0.1) is 0 Å². The van der Waals surface area contributed by atoms with Crippen molar-refractivity contribution in [3.63, 3.8) is 0 Å². The van der Waals surface area contributed by atoms with Gasteiger partial charge in [-0.2, -0.15) is 0 Å². The molecule has 0 fully saturated rings. The van der Waals surface area contributed by atoms with Gasteiger partial charge in [-0.3, -0.25) is 0 Å². The maximum atomic E-state index is 2.40. The van der Waals surface area contributed by atoms with Crippen molar-refractivity contribution in [2.75, 3.05) is 0 Å². The lowest BCUT2D eigenvalue weighted by molar-refractivity contribution is 0.223. The first-order valence-electron chi connectivity index (χ1n) is 7.71. The molecule has 0 N–H and O–H groups in total. The molecular formula is C16H36Si. The van der Waals surface area contributed by atoms with Gasteiger partial charge in [0.15, 0.2) is 0 Å². The van der Waals surface area contributed by atoms with Crippen LogP contribution in [-0.4, -0.2) is 10.2 Å². The zero-order valence-electron chi connectivity index (χ0n) is 13.6. The molecule has 0 aliphatic heterocycles. The zero-order chi connectivity index (χ0) is 13.6. The first kappa shape index (κ1) is 17.2. The van der Waals surface area contributed by atoms with Crippen LogP contribution in [0.4, 0.5) is 0 Å². The highest BCUT2D eigenvalue weighted by Gasteiger charge is 2.34. The average molecular weight is 257 g/mol. The summed E-state index contributed by atoms with van der Waals surface area (Å²) in [6.07, 6.45) is 5.70. The summed E-state index contributed by atoms with van der Waals surface area (Å²) in [6, 6.07) is 0. The van der Waals surface area contributed by atoms with Gasteiger partial charge in [0, 0.05) is 10.2 Å². The summed E-state index contributed by atoms with van der Waals surface area (Å²) >= 11 is 0. The van der Waals surface area contributed by atoms with Crippen LogP contribution in [0.2, 0.25) is 5.04 Å². The summed E-state index contributed by atoms with van der Waals surface area (Å²) in [7, 11) is 1.36. The topological polar surface area (TPSA) is 0 Å². The Morgan fingerprint density at radius 2 is 1.24 bits per heavy atom. The van der Waals surface area contributed by atoms with Crippen molar-refractivity contribution in [2.45, 2.75) is 79.2 Å². The van der Waals surface area contributed by atoms with Crippen LogP contribution >= 0.6 is 0 Å². The predicted molar refractivity (Wildman–Crippen MR) is 84.8 cm³/mol. The molecule has 17 heavy (non-hydrogen) atoms. The molecule has 0 spiro atoms. The van der Waals surface area contributed by atoms with Gasteiger partial charge in [-0.05, 0) is 48.0 Å². The van der Waals surface area contributed by atoms with Gasteiger partial charge in [-0.1, -0.05) is 54.9 Å². The molecule has 0 aliphatic carbocycles. The molecule has 0 saturated heterocycles. The Morgan fingerprint density at radius 1 is 0.824 bits per heavy atom. The lowest BCUT2D eigenvalue weighted by atomic mass is 9.74. The smallest absolute Gasteiger partial charge is 0.0110 e. The van der Waals surface area contributed by atoms with Crippen molar-refractivity contribution in [1.29, 1.82) is 0 Å². The highest BCUT2D eigenvalue weighted by molar-refractivity contribution is 6.15. The van der Waals surface area contributed by atoms with E-state index in [0.717, 1.165) is 23.7 Å². The van der Waals surface area contributed by atoms with Crippen LogP contribution in [0.5, 0.6) is 0 Å². The summed E-state index contributed by atoms with van der Waals surface area (Å²) in [5, 5.41) is 0.682. The second-order valence-corrected chi connectivity index (χ2v) is 9.58. The summed E-state index contributed by atoms with van der Waals surface area (Å²) < 4.78 is 0. The van der Waals surface area contributed by atoms with E-state index in [-0.39, 0.29) is 0 Å². The van der Waals surface area contributed by atoms with Gasteiger partial charge in [0.25, 0.3) is 0 Å². The number of rotatable bonds is 8. The van der Waals surface area contributed by atoms with Crippen LogP contribution in [0.1, 0.15) is 74.1 Å². The largest absolute Gasteiger partial charge is 0.0651 e. The first-order chi connectivity index (χ1) is 7.71. The molecule has 0 aliphatic rings. The first-order valence-corrected chi connectivity index (χ1v) is 8.71. The maximum Gasteiger partial charge on any atom is 0.0110 e. The molecule has 0 aromatic carbocycles. The minimum absolute atomic E-state index is 0.682. The molecule has 0 bridgehead atoms. The van der Waals surface area contributed by atoms with Crippen molar-refractivity contribution in [3.8, 4) is 0 Å². The normalized spacial score (nSPS) is 15.2. The second-order valence-electron chi connectivity index (χ2n) is 7.58. The fraction of sp³-hybridized carbons (Fsp3) is 1.00. The Labute approximate surface area is 113 Å². The molecule has 1 atom stereocenters. The highest BCUT2D eigenvalue weighted by Crippen LogP contribution is 2.48. The van der Waals surface area contributed by atoms with E-state index in [9.17, 15) is 0 Å². The van der Waals surface area contributed by atoms with E-state index in [2.05, 4.69) is 48.5 Å². The van der Waals surface area contributed by atoms with E-state index in [4.69, 9.17) is 0 Å². The molecule has 1 unspecified atom stereocenters. The molecule has 0 saturated carbocycles. The number of hydrogen-bond donors (Lipinski definition) is 0. The Hall–Kier alpha value is 0.217. The summed E-state index contributed by atoms with van der Waals surface area (Å²) in [5.41, 5.74) is 0. The van der Waals surface area contributed by atoms with Crippen molar-refractivity contribution in [3.05, 3.63) is 0 Å². The van der Waals surface area contributed by atoms with Gasteiger partial charge < -0.3 is 0 Å². The molecular weight excluding hydrogens is 220 g/mol. The quantitative estimate of drug-likeness (QED) is 0.553. The van der Waals surface area contributed by atoms with Gasteiger partial charge in [-0.25, -0.2) is 0 Å². The monoisotopic (exact) mass is 256 g/mol. The van der Waals surface area contributed by atoms with Gasteiger partial charge in [0.2, 0.25) is 0 Å². The summed E-state index contributed by atoms with van der Waals surface area (Å²) in [5.74, 6) is 3.52. The lowest BCUT2D eigenvalue weighted by Crippen LogP contribution is -2.28. The van der Waals surface area contributed by atoms with Crippen molar-refractivity contribution < 1.29 is 0 Å². The van der Waals surface area contributed by atoms with Gasteiger partial charge >= 0.3 is 0 Å². The Bertz CT molecular complexity index is 184. The van der Waals surface area contributed by atoms with E-state index < -0.39 is 0 Å². The minimum atomic E-state index is 0.682. The van der Waals surface area contributed by atoms with E-state index in [1.807, 2.05) is 0 Å². The highest BCUT2D eigenvalue weighted by atomic mass is 28.1. The van der Waals surface area contributed by atoms with Gasteiger partial charge in [0.05, 0.1) is 0 Å². The Balaban J connectivity index is 4.83. The third-order valence-electron chi connectivity index (χ3n) is 3.98. The third-order valence-corrected chi connectivity index (χ3v) is 5.62. The fourth-order valence-electron chi connectivity index (χ4n) is 3.79. The molecule has 0 rings (SSSR count). The number of hydrogen-bond acceptors (Lipinski definition) is 0. The van der Waals surface area contributed by atoms with E-state index in [1.165, 1.54) is 35.9 Å². The summed E-state index contributed by atoms with van der Waals surface area (Å²) in [4.78, 5) is 0. The standard InChI is InChI=1S/C16H36Si/c1-8-15(9-12(2)3)16(17,10-13(4)5)11-14(6)7/h12-15H,8-11H2,1-7,17H3. The summed E-state index contributed by atoms with van der Waals surface area (Å²) in [6.45, 7) is 16.8. The lowest BCUT2D eigenvalue weighted by Gasteiger charge is -2.41. The Kier molecular flexibility index (Phi) is 7.70. The molecule has 104 valence electrons. The van der Waals surface area contributed by atoms with Crippen LogP contribution in [0.3, 0.4) is 0 Å². The molecule has 1 heteroatoms. The van der Waals surface area contributed by atoms with Crippen LogP contribution in [0, 0.1) is 23.7 Å². The predicted octanol–water partition coefficient (Wildman–Crippen LogP) is 4.68. The molecule has 0 aromatic heterocycles. The zero-order valence-corrected chi connectivity index (χ0v) is 15.6. The molecule has 0 radical (unpaired) electrons. The molecule has 0 aromatic rings. The molecule has 0 nitrogen and oxygen atoms in total. The average Bonchev–Trinajstić information content (AvgIpc) is 2.10. The van der Waals surface area contributed by atoms with Crippen molar-refractivity contribution >= 4 is 10.2 Å². The van der Waals surface area contributed by atoms with Gasteiger partial charge in [0.1, 0.15) is 0 Å². The van der Waals surface area contributed by atoms with E-state index in [1.54, 1.807) is 0 Å². The van der Waals surface area contributed by atoms with E-state index in [0.29, 0.717) is 5.04 Å². The second kappa shape index (κ2) is 7.61. The minimum Gasteiger partial charge on any atom is -0.0651 e. The third kappa shape index (κ3) is 6.64. The van der Waals surface area contributed by atoms with Crippen molar-refractivity contribution in [2.24, 2.45) is 23.7 Å². The van der Waals surface area contributed by atoms with Crippen molar-refractivity contribution in [1.82, 2.24) is 0 Å². The maximum absolute atomic E-state index is 2.40. The fourth-order valence-corrected chi connectivity index (χ4v) is 6.07.